The number of carbonyl (C=O) groups is 1. The predicted octanol–water partition coefficient (Wildman–Crippen LogP) is 1.61. The van der Waals surface area contributed by atoms with Crippen LogP contribution in [0.1, 0.15) is 23.4 Å². The first-order valence-corrected chi connectivity index (χ1v) is 6.08. The zero-order valence-electron chi connectivity index (χ0n) is 10.6. The number of carboxylic acid groups (broad SMARTS) is 1. The first-order valence-electron chi connectivity index (χ1n) is 6.08. The molecular weight excluding hydrogens is 245 g/mol. The van der Waals surface area contributed by atoms with Gasteiger partial charge >= 0.3 is 5.97 Å². The first kappa shape index (κ1) is 13.3. The van der Waals surface area contributed by atoms with Gasteiger partial charge in [-0.15, -0.1) is 0 Å². The maximum absolute atomic E-state index is 11.0. The van der Waals surface area contributed by atoms with Crippen LogP contribution in [0.25, 0.3) is 0 Å². The van der Waals surface area contributed by atoms with Crippen LogP contribution in [0.5, 0.6) is 11.5 Å². The summed E-state index contributed by atoms with van der Waals surface area (Å²) < 4.78 is 5.05. The lowest BCUT2D eigenvalue weighted by atomic mass is 9.35. The quantitative estimate of drug-likeness (QED) is 0.804. The number of aromatic hydroxyl groups is 1. The van der Waals surface area contributed by atoms with Gasteiger partial charge in [-0.3, -0.25) is 4.79 Å². The fourth-order valence-electron chi connectivity index (χ4n) is 2.68. The lowest BCUT2D eigenvalue weighted by Crippen LogP contribution is -2.30. The van der Waals surface area contributed by atoms with E-state index in [1.165, 1.54) is 13.2 Å². The van der Waals surface area contributed by atoms with Gasteiger partial charge in [0.25, 0.3) is 6.71 Å². The SMILES string of the molecule is COc1cc2c(cc1O)C(CC(=O)O)B(C#N)CC2. The number of benzene rings is 1. The molecule has 0 aromatic heterocycles. The van der Waals surface area contributed by atoms with Gasteiger partial charge in [-0.05, 0) is 35.5 Å². The smallest absolute Gasteiger partial charge is 0.303 e. The van der Waals surface area contributed by atoms with Gasteiger partial charge in [-0.1, -0.05) is 6.32 Å². The number of hydrogen-bond acceptors (Lipinski definition) is 4. The number of rotatable bonds is 3. The summed E-state index contributed by atoms with van der Waals surface area (Å²) in [5, 5.41) is 27.9. The summed E-state index contributed by atoms with van der Waals surface area (Å²) in [5.74, 6) is 1.22. The molecule has 6 heteroatoms. The fourth-order valence-corrected chi connectivity index (χ4v) is 2.68. The predicted molar refractivity (Wildman–Crippen MR) is 69.5 cm³/mol. The molecule has 5 nitrogen and oxygen atoms in total. The summed E-state index contributed by atoms with van der Waals surface area (Å²) in [6.45, 7) is -0.323. The van der Waals surface area contributed by atoms with Gasteiger partial charge in [-0.2, -0.15) is 0 Å². The van der Waals surface area contributed by atoms with E-state index in [2.05, 4.69) is 5.97 Å². The van der Waals surface area contributed by atoms with Gasteiger partial charge in [-0.25, -0.2) is 5.26 Å². The Morgan fingerprint density at radius 3 is 2.95 bits per heavy atom. The van der Waals surface area contributed by atoms with Crippen LogP contribution in [-0.4, -0.2) is 30.0 Å². The van der Waals surface area contributed by atoms with E-state index in [0.717, 1.165) is 11.1 Å². The lowest BCUT2D eigenvalue weighted by Gasteiger charge is -2.27. The van der Waals surface area contributed by atoms with E-state index in [-0.39, 0.29) is 24.7 Å². The second-order valence-electron chi connectivity index (χ2n) is 4.70. The van der Waals surface area contributed by atoms with Crippen molar-refractivity contribution in [1.29, 1.82) is 5.26 Å². The second-order valence-corrected chi connectivity index (χ2v) is 4.70. The molecule has 1 aliphatic heterocycles. The number of hydrogen-bond donors (Lipinski definition) is 2. The monoisotopic (exact) mass is 259 g/mol. The van der Waals surface area contributed by atoms with Crippen LogP contribution in [0.15, 0.2) is 12.1 Å². The molecule has 2 N–H and O–H groups in total. The number of phenolic OH excluding ortho intramolecular Hbond substituents is 1. The molecule has 0 saturated heterocycles. The number of ether oxygens (including phenoxy) is 1. The molecule has 1 aromatic carbocycles. The molecule has 0 bridgehead atoms. The summed E-state index contributed by atoms with van der Waals surface area (Å²) >= 11 is 0. The summed E-state index contributed by atoms with van der Waals surface area (Å²) in [4.78, 5) is 11.0. The Balaban J connectivity index is 2.47. The second kappa shape index (κ2) is 5.23. The van der Waals surface area contributed by atoms with Crippen LogP contribution < -0.4 is 4.74 Å². The van der Waals surface area contributed by atoms with Gasteiger partial charge in [0, 0.05) is 12.4 Å². The molecule has 1 unspecified atom stereocenters. The van der Waals surface area contributed by atoms with Crippen molar-refractivity contribution in [3.8, 4) is 17.5 Å². The zero-order chi connectivity index (χ0) is 14.0. The van der Waals surface area contributed by atoms with Crippen molar-refractivity contribution in [3.05, 3.63) is 23.3 Å². The molecule has 1 aromatic rings. The molecule has 0 radical (unpaired) electrons. The largest absolute Gasteiger partial charge is 0.504 e. The minimum atomic E-state index is -0.937. The van der Waals surface area contributed by atoms with Crippen LogP contribution in [-0.2, 0) is 11.2 Å². The van der Waals surface area contributed by atoms with Crippen LogP contribution in [0.3, 0.4) is 0 Å². The van der Waals surface area contributed by atoms with E-state index in [1.54, 1.807) is 6.07 Å². The molecule has 0 amide bonds. The van der Waals surface area contributed by atoms with Crippen molar-refractivity contribution in [2.45, 2.75) is 25.0 Å². The van der Waals surface area contributed by atoms with E-state index in [9.17, 15) is 9.90 Å². The van der Waals surface area contributed by atoms with E-state index in [1.807, 2.05) is 0 Å². The van der Waals surface area contributed by atoms with Crippen molar-refractivity contribution in [3.63, 3.8) is 0 Å². The maximum atomic E-state index is 11.0. The van der Waals surface area contributed by atoms with Gasteiger partial charge in [0.05, 0.1) is 7.11 Å². The third kappa shape index (κ3) is 2.50. The average Bonchev–Trinajstić information content (AvgIpc) is 2.38. The zero-order valence-corrected chi connectivity index (χ0v) is 10.6. The molecule has 0 spiro atoms. The molecular formula is C13H14BNO4. The number of carboxylic acids is 1. The highest BCUT2D eigenvalue weighted by molar-refractivity contribution is 6.69. The van der Waals surface area contributed by atoms with Crippen molar-refractivity contribution in [2.24, 2.45) is 0 Å². The average molecular weight is 259 g/mol. The van der Waals surface area contributed by atoms with Crippen LogP contribution in [0, 0.1) is 11.2 Å². The number of aliphatic carboxylic acids is 1. The summed E-state index contributed by atoms with van der Waals surface area (Å²) in [7, 11) is 1.47. The van der Waals surface area contributed by atoms with Gasteiger partial charge in [0.2, 0.25) is 0 Å². The standard InChI is InChI=1S/C13H14BNO4/c1-19-12-4-8-2-3-14(7-15)10(6-13(17)18)9(8)5-11(12)16/h4-5,10,16H,2-3,6H2,1H3,(H,17,18). The van der Waals surface area contributed by atoms with Crippen molar-refractivity contribution in [1.82, 2.24) is 0 Å². The molecule has 0 saturated carbocycles. The Bertz CT molecular complexity index is 552. The van der Waals surface area contributed by atoms with Crippen LogP contribution in [0.4, 0.5) is 0 Å². The molecule has 19 heavy (non-hydrogen) atoms. The Morgan fingerprint density at radius 2 is 2.37 bits per heavy atom. The number of aryl methyl sites for hydroxylation is 1. The topological polar surface area (TPSA) is 90.6 Å². The number of nitriles is 1. The fraction of sp³-hybridized carbons (Fsp3) is 0.385. The molecule has 0 aliphatic carbocycles. The molecule has 0 fully saturated rings. The van der Waals surface area contributed by atoms with Gasteiger partial charge < -0.3 is 14.9 Å². The summed E-state index contributed by atoms with van der Waals surface area (Å²) in [6, 6.07) is 3.26. The Labute approximate surface area is 111 Å². The van der Waals surface area contributed by atoms with Crippen LogP contribution in [0.2, 0.25) is 6.32 Å². The molecule has 2 rings (SSSR count). The van der Waals surface area contributed by atoms with E-state index in [0.29, 0.717) is 18.5 Å². The van der Waals surface area contributed by atoms with Gasteiger partial charge in [0.1, 0.15) is 0 Å². The van der Waals surface area contributed by atoms with Crippen molar-refractivity contribution >= 4 is 12.7 Å². The third-order valence-corrected chi connectivity index (χ3v) is 3.61. The van der Waals surface area contributed by atoms with E-state index in [4.69, 9.17) is 15.1 Å². The Morgan fingerprint density at radius 1 is 1.63 bits per heavy atom. The minimum absolute atomic E-state index is 0.0183. The number of fused-ring (bicyclic) bond motifs is 1. The number of methoxy groups -OCH3 is 1. The molecule has 98 valence electrons. The Hall–Kier alpha value is -2.16. The minimum Gasteiger partial charge on any atom is -0.504 e. The highest BCUT2D eigenvalue weighted by atomic mass is 16.5. The molecule has 1 aliphatic rings. The van der Waals surface area contributed by atoms with Crippen molar-refractivity contribution < 1.29 is 19.7 Å². The highest BCUT2D eigenvalue weighted by Crippen LogP contribution is 2.39. The highest BCUT2D eigenvalue weighted by Gasteiger charge is 2.35. The number of phenols is 1. The van der Waals surface area contributed by atoms with E-state index >= 15 is 0 Å². The van der Waals surface area contributed by atoms with E-state index < -0.39 is 5.97 Å². The van der Waals surface area contributed by atoms with Crippen LogP contribution >= 0.6 is 0 Å². The first-order chi connectivity index (χ1) is 9.06. The maximum Gasteiger partial charge on any atom is 0.303 e. The summed E-state index contributed by atoms with van der Waals surface area (Å²) in [6.07, 6.45) is 1.23. The number of nitrogens with zero attached hydrogens (tertiary/aromatic N) is 1. The normalized spacial score (nSPS) is 17.5. The summed E-state index contributed by atoms with van der Waals surface area (Å²) in [5.41, 5.74) is 1.70. The van der Waals surface area contributed by atoms with Gasteiger partial charge in [0.15, 0.2) is 11.5 Å². The van der Waals surface area contributed by atoms with Crippen molar-refractivity contribution in [2.75, 3.05) is 7.11 Å². The lowest BCUT2D eigenvalue weighted by molar-refractivity contribution is -0.137. The third-order valence-electron chi connectivity index (χ3n) is 3.61. The Kier molecular flexibility index (Phi) is 3.65. The molecule has 1 atom stereocenters. The molecule has 1 heterocycles.